The number of benzene rings is 1. The monoisotopic (exact) mass is 292 g/mol. The second-order valence-electron chi connectivity index (χ2n) is 4.39. The van der Waals surface area contributed by atoms with Crippen molar-refractivity contribution in [1.29, 1.82) is 0 Å². The predicted molar refractivity (Wildman–Crippen MR) is 74.9 cm³/mol. The maximum Gasteiger partial charge on any atom is 0.187 e. The van der Waals surface area contributed by atoms with E-state index in [9.17, 15) is 8.78 Å². The Hall–Kier alpha value is -2.15. The van der Waals surface area contributed by atoms with Crippen molar-refractivity contribution in [3.05, 3.63) is 36.2 Å². The average molecular weight is 292 g/mol. The fraction of sp³-hybridized carbons (Fsp3) is 0.154. The summed E-state index contributed by atoms with van der Waals surface area (Å²) >= 11 is 1.37. The zero-order valence-corrected chi connectivity index (χ0v) is 11.6. The molecule has 0 radical (unpaired) electrons. The van der Waals surface area contributed by atoms with E-state index in [0.29, 0.717) is 16.0 Å². The third kappa shape index (κ3) is 2.09. The van der Waals surface area contributed by atoms with Gasteiger partial charge in [-0.15, -0.1) is 0 Å². The van der Waals surface area contributed by atoms with Crippen molar-refractivity contribution in [2.45, 2.75) is 0 Å². The summed E-state index contributed by atoms with van der Waals surface area (Å²) in [6.45, 7) is 0. The number of hydrogen-bond acceptors (Lipinski definition) is 5. The largest absolute Gasteiger partial charge is 0.354 e. The molecule has 102 valence electrons. The standard InChI is InChI=1S/C13H10F2N4S/c1-19(2)13-18-12-11(20-13)10(16-6-17-12)8-4-3-7(14)5-9(8)15/h3-6H,1-2H3. The summed E-state index contributed by atoms with van der Waals surface area (Å²) in [6, 6.07) is 3.43. The molecule has 0 saturated carbocycles. The first kappa shape index (κ1) is 12.9. The van der Waals surface area contributed by atoms with Crippen molar-refractivity contribution >= 4 is 26.8 Å². The zero-order valence-electron chi connectivity index (χ0n) is 10.8. The summed E-state index contributed by atoms with van der Waals surface area (Å²) in [4.78, 5) is 14.4. The molecule has 0 fully saturated rings. The molecule has 0 bridgehead atoms. The molecule has 0 amide bonds. The maximum atomic E-state index is 13.9. The van der Waals surface area contributed by atoms with E-state index >= 15 is 0 Å². The Labute approximate surface area is 117 Å². The number of nitrogens with zero attached hydrogens (tertiary/aromatic N) is 4. The first-order valence-electron chi connectivity index (χ1n) is 5.80. The minimum absolute atomic E-state index is 0.243. The van der Waals surface area contributed by atoms with Gasteiger partial charge in [-0.2, -0.15) is 4.98 Å². The van der Waals surface area contributed by atoms with Gasteiger partial charge in [-0.1, -0.05) is 11.3 Å². The molecular weight excluding hydrogens is 282 g/mol. The summed E-state index contributed by atoms with van der Waals surface area (Å²) in [7, 11) is 3.73. The molecule has 2 heterocycles. The molecule has 0 atom stereocenters. The van der Waals surface area contributed by atoms with Gasteiger partial charge < -0.3 is 4.90 Å². The van der Waals surface area contributed by atoms with Gasteiger partial charge in [0.1, 0.15) is 22.7 Å². The van der Waals surface area contributed by atoms with E-state index in [2.05, 4.69) is 15.0 Å². The molecule has 0 unspecified atom stereocenters. The van der Waals surface area contributed by atoms with Gasteiger partial charge >= 0.3 is 0 Å². The van der Waals surface area contributed by atoms with Gasteiger partial charge in [0.2, 0.25) is 0 Å². The van der Waals surface area contributed by atoms with Crippen LogP contribution >= 0.6 is 11.3 Å². The summed E-state index contributed by atoms with van der Waals surface area (Å²) < 4.78 is 27.6. The van der Waals surface area contributed by atoms with Crippen LogP contribution in [0.4, 0.5) is 13.9 Å². The fourth-order valence-corrected chi connectivity index (χ4v) is 2.75. The van der Waals surface area contributed by atoms with Gasteiger partial charge in [0, 0.05) is 25.7 Å². The molecule has 0 spiro atoms. The summed E-state index contributed by atoms with van der Waals surface area (Å²) in [5.41, 5.74) is 1.18. The Bertz CT molecular complexity index is 785. The first-order valence-corrected chi connectivity index (χ1v) is 6.62. The molecule has 0 N–H and O–H groups in total. The van der Waals surface area contributed by atoms with E-state index in [-0.39, 0.29) is 5.56 Å². The molecule has 4 nitrogen and oxygen atoms in total. The average Bonchev–Trinajstić information content (AvgIpc) is 2.83. The number of hydrogen-bond donors (Lipinski definition) is 0. The van der Waals surface area contributed by atoms with Crippen molar-refractivity contribution < 1.29 is 8.78 Å². The molecule has 0 saturated heterocycles. The second kappa shape index (κ2) is 4.75. The molecule has 0 aliphatic carbocycles. The van der Waals surface area contributed by atoms with Crippen LogP contribution in [0.15, 0.2) is 24.5 Å². The van der Waals surface area contributed by atoms with Crippen molar-refractivity contribution in [2.24, 2.45) is 0 Å². The molecule has 0 aliphatic heterocycles. The number of aromatic nitrogens is 3. The van der Waals surface area contributed by atoms with Crippen molar-refractivity contribution in [2.75, 3.05) is 19.0 Å². The SMILES string of the molecule is CN(C)c1nc2ncnc(-c3ccc(F)cc3F)c2s1. The van der Waals surface area contributed by atoms with Crippen LogP contribution in [0.3, 0.4) is 0 Å². The molecule has 1 aromatic carbocycles. The van der Waals surface area contributed by atoms with Gasteiger partial charge in [-0.25, -0.2) is 18.7 Å². The predicted octanol–water partition coefficient (Wildman–Crippen LogP) is 3.10. The molecule has 3 aromatic rings. The Morgan fingerprint density at radius 1 is 1.15 bits per heavy atom. The summed E-state index contributed by atoms with van der Waals surface area (Å²) in [5, 5.41) is 0.754. The lowest BCUT2D eigenvalue weighted by Crippen LogP contribution is -2.07. The van der Waals surface area contributed by atoms with E-state index in [0.717, 1.165) is 11.2 Å². The van der Waals surface area contributed by atoms with Gasteiger partial charge in [-0.05, 0) is 12.1 Å². The third-order valence-electron chi connectivity index (χ3n) is 2.75. The van der Waals surface area contributed by atoms with E-state index in [1.54, 1.807) is 0 Å². The van der Waals surface area contributed by atoms with Gasteiger partial charge in [0.25, 0.3) is 0 Å². The fourth-order valence-electron chi connectivity index (χ4n) is 1.81. The highest BCUT2D eigenvalue weighted by Crippen LogP contribution is 2.34. The van der Waals surface area contributed by atoms with Crippen LogP contribution in [-0.2, 0) is 0 Å². The molecule has 20 heavy (non-hydrogen) atoms. The van der Waals surface area contributed by atoms with E-state index in [4.69, 9.17) is 0 Å². The highest BCUT2D eigenvalue weighted by molar-refractivity contribution is 7.22. The lowest BCUT2D eigenvalue weighted by Gasteiger charge is -2.04. The number of rotatable bonds is 2. The van der Waals surface area contributed by atoms with Crippen LogP contribution < -0.4 is 4.90 Å². The number of thiazole rings is 1. The van der Waals surface area contributed by atoms with Crippen LogP contribution in [0, 0.1) is 11.6 Å². The number of anilines is 1. The summed E-state index contributed by atoms with van der Waals surface area (Å²) in [6.07, 6.45) is 1.33. The van der Waals surface area contributed by atoms with Crippen LogP contribution in [-0.4, -0.2) is 29.0 Å². The number of fused-ring (bicyclic) bond motifs is 1. The van der Waals surface area contributed by atoms with E-state index in [1.807, 2.05) is 19.0 Å². The quantitative estimate of drug-likeness (QED) is 0.728. The first-order chi connectivity index (χ1) is 9.56. The lowest BCUT2D eigenvalue weighted by atomic mass is 10.1. The molecule has 7 heteroatoms. The number of halogens is 2. The smallest absolute Gasteiger partial charge is 0.187 e. The maximum absolute atomic E-state index is 13.9. The summed E-state index contributed by atoms with van der Waals surface area (Å²) in [5.74, 6) is -1.26. The Morgan fingerprint density at radius 2 is 1.95 bits per heavy atom. The normalized spacial score (nSPS) is 11.0. The Morgan fingerprint density at radius 3 is 2.65 bits per heavy atom. The van der Waals surface area contributed by atoms with Gasteiger partial charge in [0.05, 0.1) is 5.69 Å². The molecule has 3 rings (SSSR count). The minimum atomic E-state index is -0.648. The lowest BCUT2D eigenvalue weighted by molar-refractivity contribution is 0.585. The van der Waals surface area contributed by atoms with Crippen molar-refractivity contribution in [1.82, 2.24) is 15.0 Å². The molecule has 0 aliphatic rings. The highest BCUT2D eigenvalue weighted by atomic mass is 32.1. The topological polar surface area (TPSA) is 41.9 Å². The van der Waals surface area contributed by atoms with E-state index < -0.39 is 11.6 Å². The highest BCUT2D eigenvalue weighted by Gasteiger charge is 2.16. The van der Waals surface area contributed by atoms with Crippen molar-refractivity contribution in [3.63, 3.8) is 0 Å². The molecular formula is C13H10F2N4S. The van der Waals surface area contributed by atoms with E-state index in [1.165, 1.54) is 29.8 Å². The minimum Gasteiger partial charge on any atom is -0.354 e. The van der Waals surface area contributed by atoms with Crippen molar-refractivity contribution in [3.8, 4) is 11.3 Å². The van der Waals surface area contributed by atoms with Crippen LogP contribution in [0.5, 0.6) is 0 Å². The van der Waals surface area contributed by atoms with Gasteiger partial charge in [0.15, 0.2) is 10.8 Å². The Balaban J connectivity index is 2.25. The zero-order chi connectivity index (χ0) is 14.3. The third-order valence-corrected chi connectivity index (χ3v) is 3.97. The van der Waals surface area contributed by atoms with Crippen LogP contribution in [0.2, 0.25) is 0 Å². The second-order valence-corrected chi connectivity index (χ2v) is 5.37. The van der Waals surface area contributed by atoms with Crippen LogP contribution in [0.1, 0.15) is 0 Å². The molecule has 2 aromatic heterocycles. The van der Waals surface area contributed by atoms with Gasteiger partial charge in [-0.3, -0.25) is 0 Å². The van der Waals surface area contributed by atoms with Crippen LogP contribution in [0.25, 0.3) is 21.6 Å². The Kier molecular flexibility index (Phi) is 3.06.